The van der Waals surface area contributed by atoms with Gasteiger partial charge in [0.2, 0.25) is 5.95 Å². The molecule has 1 heterocycles. The lowest BCUT2D eigenvalue weighted by Crippen LogP contribution is -2.22. The van der Waals surface area contributed by atoms with Crippen molar-refractivity contribution in [3.63, 3.8) is 0 Å². The maximum atomic E-state index is 13.4. The van der Waals surface area contributed by atoms with Crippen molar-refractivity contribution in [2.24, 2.45) is 5.11 Å². The van der Waals surface area contributed by atoms with Gasteiger partial charge in [0.15, 0.2) is 0 Å². The van der Waals surface area contributed by atoms with Gasteiger partial charge < -0.3 is 4.74 Å². The highest BCUT2D eigenvalue weighted by Gasteiger charge is 2.30. The van der Waals surface area contributed by atoms with Crippen LogP contribution in [0.3, 0.4) is 0 Å². The van der Waals surface area contributed by atoms with Crippen molar-refractivity contribution in [1.82, 2.24) is 9.55 Å². The number of aromatic nitrogens is 2. The Kier molecular flexibility index (Phi) is 5.08. The van der Waals surface area contributed by atoms with Gasteiger partial charge in [0.25, 0.3) is 0 Å². The van der Waals surface area contributed by atoms with E-state index in [1.54, 1.807) is 36.1 Å². The third kappa shape index (κ3) is 3.47. The summed E-state index contributed by atoms with van der Waals surface area (Å²) in [5.41, 5.74) is 10.7. The molecule has 6 nitrogen and oxygen atoms in total. The first-order valence-electron chi connectivity index (χ1n) is 8.11. The van der Waals surface area contributed by atoms with E-state index in [9.17, 15) is 4.39 Å². The number of methoxy groups -OCH3 is 1. The van der Waals surface area contributed by atoms with E-state index in [-0.39, 0.29) is 11.8 Å². The molecule has 1 aromatic heterocycles. The van der Waals surface area contributed by atoms with Crippen LogP contribution >= 0.6 is 11.6 Å². The largest absolute Gasteiger partial charge is 0.495 e. The molecule has 0 spiro atoms. The first-order valence-corrected chi connectivity index (χ1v) is 8.49. The fourth-order valence-corrected chi connectivity index (χ4v) is 3.13. The van der Waals surface area contributed by atoms with Crippen molar-refractivity contribution in [3.05, 3.63) is 81.2 Å². The molecule has 27 heavy (non-hydrogen) atoms. The van der Waals surface area contributed by atoms with E-state index in [4.69, 9.17) is 21.9 Å². The number of halogens is 2. The Balaban J connectivity index is 2.21. The quantitative estimate of drug-likeness (QED) is 0.309. The predicted octanol–water partition coefficient (Wildman–Crippen LogP) is 5.94. The minimum atomic E-state index is -0.539. The number of hydrogen-bond acceptors (Lipinski definition) is 3. The lowest BCUT2D eigenvalue weighted by molar-refractivity contribution is 0.413. The SMILES string of the molecule is COc1cc(C(C)(C)c2cnc(N=[N+]=[N-])n2-c2ccc(F)cc2)ccc1Cl. The summed E-state index contributed by atoms with van der Waals surface area (Å²) in [5, 5.41) is 4.19. The van der Waals surface area contributed by atoms with Crippen LogP contribution in [0.4, 0.5) is 10.3 Å². The first kappa shape index (κ1) is 18.8. The number of nitrogens with zero attached hydrogens (tertiary/aromatic N) is 5. The predicted molar refractivity (Wildman–Crippen MR) is 102 cm³/mol. The molecule has 0 aliphatic heterocycles. The molecule has 8 heteroatoms. The topological polar surface area (TPSA) is 75.8 Å². The van der Waals surface area contributed by atoms with Gasteiger partial charge in [0.05, 0.1) is 17.8 Å². The fourth-order valence-electron chi connectivity index (χ4n) is 2.93. The van der Waals surface area contributed by atoms with Gasteiger partial charge in [0.1, 0.15) is 11.6 Å². The summed E-state index contributed by atoms with van der Waals surface area (Å²) in [6, 6.07) is 11.4. The Bertz CT molecular complexity index is 1020. The molecule has 0 atom stereocenters. The average molecular weight is 386 g/mol. The molecule has 0 saturated carbocycles. The Morgan fingerprint density at radius 3 is 2.56 bits per heavy atom. The van der Waals surface area contributed by atoms with Crippen molar-refractivity contribution < 1.29 is 9.13 Å². The normalized spacial score (nSPS) is 11.1. The summed E-state index contributed by atoms with van der Waals surface area (Å²) in [5.74, 6) is 0.380. The third-order valence-electron chi connectivity index (χ3n) is 4.48. The molecule has 0 bridgehead atoms. The lowest BCUT2D eigenvalue weighted by atomic mass is 9.81. The number of azide groups is 1. The van der Waals surface area contributed by atoms with Gasteiger partial charge in [-0.1, -0.05) is 31.5 Å². The number of benzene rings is 2. The van der Waals surface area contributed by atoms with Gasteiger partial charge in [-0.15, -0.1) is 0 Å². The summed E-state index contributed by atoms with van der Waals surface area (Å²) < 4.78 is 20.4. The average Bonchev–Trinajstić information content (AvgIpc) is 3.07. The molecule has 2 aromatic carbocycles. The van der Waals surface area contributed by atoms with Gasteiger partial charge in [-0.3, -0.25) is 4.57 Å². The Labute approximate surface area is 160 Å². The second-order valence-electron chi connectivity index (χ2n) is 6.42. The van der Waals surface area contributed by atoms with Crippen LogP contribution < -0.4 is 4.74 Å². The summed E-state index contributed by atoms with van der Waals surface area (Å²) in [6.45, 7) is 4.01. The fraction of sp³-hybridized carbons (Fsp3) is 0.211. The monoisotopic (exact) mass is 385 g/mol. The van der Waals surface area contributed by atoms with Gasteiger partial charge in [-0.05, 0) is 52.6 Å². The van der Waals surface area contributed by atoms with E-state index in [0.717, 1.165) is 11.3 Å². The molecule has 138 valence electrons. The van der Waals surface area contributed by atoms with E-state index in [0.29, 0.717) is 16.5 Å². The highest BCUT2D eigenvalue weighted by atomic mass is 35.5. The molecule has 0 fully saturated rings. The lowest BCUT2D eigenvalue weighted by Gasteiger charge is -2.27. The molecule has 0 unspecified atom stereocenters. The van der Waals surface area contributed by atoms with Gasteiger partial charge in [0, 0.05) is 22.2 Å². The molecule has 0 amide bonds. The zero-order valence-electron chi connectivity index (χ0n) is 15.0. The Morgan fingerprint density at radius 1 is 1.22 bits per heavy atom. The zero-order valence-corrected chi connectivity index (χ0v) is 15.8. The second-order valence-corrected chi connectivity index (χ2v) is 6.83. The Morgan fingerprint density at radius 2 is 1.93 bits per heavy atom. The van der Waals surface area contributed by atoms with E-state index in [2.05, 4.69) is 15.0 Å². The van der Waals surface area contributed by atoms with Gasteiger partial charge in [-0.2, -0.15) is 0 Å². The summed E-state index contributed by atoms with van der Waals surface area (Å²) in [4.78, 5) is 7.10. The van der Waals surface area contributed by atoms with Crippen LogP contribution in [0.5, 0.6) is 5.75 Å². The first-order chi connectivity index (χ1) is 12.9. The minimum absolute atomic E-state index is 0.174. The van der Waals surface area contributed by atoms with Crippen molar-refractivity contribution in [2.75, 3.05) is 7.11 Å². The molecular weight excluding hydrogens is 369 g/mol. The molecule has 0 saturated heterocycles. The molecular formula is C19H17ClFN5O. The van der Waals surface area contributed by atoms with Crippen molar-refractivity contribution in [2.45, 2.75) is 19.3 Å². The van der Waals surface area contributed by atoms with Gasteiger partial charge >= 0.3 is 0 Å². The van der Waals surface area contributed by atoms with E-state index >= 15 is 0 Å². The maximum absolute atomic E-state index is 13.4. The number of rotatable bonds is 5. The van der Waals surface area contributed by atoms with Crippen LogP contribution in [0.2, 0.25) is 5.02 Å². The van der Waals surface area contributed by atoms with Crippen LogP contribution in [0.1, 0.15) is 25.1 Å². The van der Waals surface area contributed by atoms with Crippen LogP contribution in [0, 0.1) is 5.82 Å². The highest BCUT2D eigenvalue weighted by molar-refractivity contribution is 6.32. The number of ether oxygens (including phenoxy) is 1. The zero-order chi connectivity index (χ0) is 19.6. The molecule has 3 aromatic rings. The molecule has 3 rings (SSSR count). The summed E-state index contributed by atoms with van der Waals surface area (Å²) in [6.07, 6.45) is 1.65. The van der Waals surface area contributed by atoms with E-state index in [1.165, 1.54) is 12.1 Å². The minimum Gasteiger partial charge on any atom is -0.495 e. The van der Waals surface area contributed by atoms with Crippen molar-refractivity contribution >= 4 is 17.5 Å². The van der Waals surface area contributed by atoms with Crippen molar-refractivity contribution in [1.29, 1.82) is 0 Å². The van der Waals surface area contributed by atoms with Crippen LogP contribution in [-0.4, -0.2) is 16.7 Å². The smallest absolute Gasteiger partial charge is 0.201 e. The highest BCUT2D eigenvalue weighted by Crippen LogP contribution is 2.38. The standard InChI is InChI=1S/C19H17ClFN5O/c1-19(2,12-4-9-15(20)16(10-12)27-3)17-11-23-18(24-25-22)26(17)14-7-5-13(21)6-8-14/h4-11H,1-3H3. The molecule has 0 N–H and O–H groups in total. The number of imidazole rings is 1. The van der Waals surface area contributed by atoms with Crippen LogP contribution in [0.15, 0.2) is 53.8 Å². The third-order valence-corrected chi connectivity index (χ3v) is 4.79. The van der Waals surface area contributed by atoms with Crippen LogP contribution in [0.25, 0.3) is 16.1 Å². The van der Waals surface area contributed by atoms with Crippen LogP contribution in [-0.2, 0) is 5.41 Å². The van der Waals surface area contributed by atoms with E-state index in [1.807, 2.05) is 26.0 Å². The summed E-state index contributed by atoms with van der Waals surface area (Å²) >= 11 is 6.15. The summed E-state index contributed by atoms with van der Waals surface area (Å²) in [7, 11) is 1.56. The Hall–Kier alpha value is -3.02. The number of hydrogen-bond donors (Lipinski definition) is 0. The van der Waals surface area contributed by atoms with Crippen molar-refractivity contribution in [3.8, 4) is 11.4 Å². The maximum Gasteiger partial charge on any atom is 0.201 e. The molecule has 0 radical (unpaired) electrons. The van der Waals surface area contributed by atoms with E-state index < -0.39 is 5.41 Å². The second kappa shape index (κ2) is 7.31. The van der Waals surface area contributed by atoms with Gasteiger partial charge in [-0.25, -0.2) is 9.37 Å². The molecule has 0 aliphatic rings. The molecule has 0 aliphatic carbocycles.